The highest BCUT2D eigenvalue weighted by Crippen LogP contribution is 2.31. The maximum absolute atomic E-state index is 13.6. The zero-order valence-electron chi connectivity index (χ0n) is 13.7. The van der Waals surface area contributed by atoms with Crippen molar-refractivity contribution in [2.45, 2.75) is 19.9 Å². The van der Waals surface area contributed by atoms with Crippen LogP contribution in [0.15, 0.2) is 42.7 Å². The summed E-state index contributed by atoms with van der Waals surface area (Å²) >= 11 is 0. The van der Waals surface area contributed by atoms with Crippen LogP contribution >= 0.6 is 0 Å². The van der Waals surface area contributed by atoms with Gasteiger partial charge in [0, 0.05) is 17.2 Å². The number of halogens is 2. The Kier molecular flexibility index (Phi) is 3.56. The van der Waals surface area contributed by atoms with Crippen molar-refractivity contribution in [2.75, 3.05) is 0 Å². The summed E-state index contributed by atoms with van der Waals surface area (Å²) in [5, 5.41) is 8.33. The Balaban J connectivity index is 1.86. The van der Waals surface area contributed by atoms with E-state index in [2.05, 4.69) is 20.3 Å². The molecular weight excluding hydrogens is 324 g/mol. The van der Waals surface area contributed by atoms with Gasteiger partial charge in [-0.1, -0.05) is 11.3 Å². The van der Waals surface area contributed by atoms with E-state index in [-0.39, 0.29) is 6.04 Å². The Morgan fingerprint density at radius 2 is 1.80 bits per heavy atom. The molecule has 0 saturated carbocycles. The van der Waals surface area contributed by atoms with Gasteiger partial charge in [0.05, 0.1) is 23.2 Å². The van der Waals surface area contributed by atoms with Gasteiger partial charge in [-0.2, -0.15) is 0 Å². The fourth-order valence-corrected chi connectivity index (χ4v) is 2.85. The fraction of sp³-hybridized carbons (Fsp3) is 0.167. The number of nitrogens with zero attached hydrogens (tertiary/aromatic N) is 4. The summed E-state index contributed by atoms with van der Waals surface area (Å²) in [5.41, 5.74) is 4.36. The molecule has 0 atom stereocenters. The van der Waals surface area contributed by atoms with Crippen LogP contribution in [0.1, 0.15) is 19.9 Å². The lowest BCUT2D eigenvalue weighted by molar-refractivity contribution is 0.509. The standard InChI is InChI=1S/C18H15F2N5/c1-10(2)25-16-8-12(4-6-15(16)23-24-25)18-17(21-9-22-18)11-3-5-13(19)14(20)7-11/h3-10H,1-2H3,(H,21,22). The minimum atomic E-state index is -0.899. The highest BCUT2D eigenvalue weighted by atomic mass is 19.2. The van der Waals surface area contributed by atoms with Crippen molar-refractivity contribution in [3.63, 3.8) is 0 Å². The first kappa shape index (κ1) is 15.4. The summed E-state index contributed by atoms with van der Waals surface area (Å²) in [5.74, 6) is -1.78. The van der Waals surface area contributed by atoms with Crippen molar-refractivity contribution in [3.05, 3.63) is 54.4 Å². The van der Waals surface area contributed by atoms with E-state index in [1.807, 2.05) is 36.7 Å². The Labute approximate surface area is 142 Å². The van der Waals surface area contributed by atoms with E-state index in [1.54, 1.807) is 0 Å². The van der Waals surface area contributed by atoms with E-state index < -0.39 is 11.6 Å². The first-order valence-corrected chi connectivity index (χ1v) is 7.88. The lowest BCUT2D eigenvalue weighted by Crippen LogP contribution is -2.02. The van der Waals surface area contributed by atoms with Crippen molar-refractivity contribution in [1.29, 1.82) is 0 Å². The molecule has 25 heavy (non-hydrogen) atoms. The molecule has 0 aliphatic heterocycles. The van der Waals surface area contributed by atoms with E-state index >= 15 is 0 Å². The van der Waals surface area contributed by atoms with Gasteiger partial charge < -0.3 is 4.98 Å². The van der Waals surface area contributed by atoms with Gasteiger partial charge in [-0.3, -0.25) is 0 Å². The van der Waals surface area contributed by atoms with Crippen molar-refractivity contribution in [1.82, 2.24) is 25.0 Å². The number of rotatable bonds is 3. The predicted molar refractivity (Wildman–Crippen MR) is 90.8 cm³/mol. The summed E-state index contributed by atoms with van der Waals surface area (Å²) in [6.45, 7) is 4.06. The van der Waals surface area contributed by atoms with Gasteiger partial charge in [-0.25, -0.2) is 18.4 Å². The second-order valence-corrected chi connectivity index (χ2v) is 6.09. The highest BCUT2D eigenvalue weighted by Gasteiger charge is 2.15. The van der Waals surface area contributed by atoms with E-state index in [0.717, 1.165) is 34.4 Å². The number of fused-ring (bicyclic) bond motifs is 1. The second-order valence-electron chi connectivity index (χ2n) is 6.09. The summed E-state index contributed by atoms with van der Waals surface area (Å²) in [4.78, 5) is 7.36. The third-order valence-corrected chi connectivity index (χ3v) is 4.08. The van der Waals surface area contributed by atoms with Crippen LogP contribution in [0, 0.1) is 11.6 Å². The maximum atomic E-state index is 13.6. The molecule has 2 aromatic heterocycles. The zero-order chi connectivity index (χ0) is 17.6. The molecule has 0 bridgehead atoms. The SMILES string of the molecule is CC(C)n1nnc2ccc(-c3[nH]cnc3-c3ccc(F)c(F)c3)cc21. The van der Waals surface area contributed by atoms with Crippen LogP contribution in [0.2, 0.25) is 0 Å². The molecule has 0 aliphatic carbocycles. The average molecular weight is 339 g/mol. The molecule has 7 heteroatoms. The number of H-pyrrole nitrogens is 1. The molecule has 1 N–H and O–H groups in total. The summed E-state index contributed by atoms with van der Waals surface area (Å²) < 4.78 is 28.6. The topological polar surface area (TPSA) is 59.4 Å². The van der Waals surface area contributed by atoms with Crippen LogP contribution in [0.4, 0.5) is 8.78 Å². The molecule has 0 spiro atoms. The Morgan fingerprint density at radius 3 is 2.56 bits per heavy atom. The normalized spacial score (nSPS) is 11.6. The van der Waals surface area contributed by atoms with Crippen LogP contribution in [-0.2, 0) is 0 Å². The summed E-state index contributed by atoms with van der Waals surface area (Å²) in [7, 11) is 0. The Bertz CT molecular complexity index is 1060. The fourth-order valence-electron chi connectivity index (χ4n) is 2.85. The molecule has 5 nitrogen and oxygen atoms in total. The molecule has 0 saturated heterocycles. The zero-order valence-corrected chi connectivity index (χ0v) is 13.7. The maximum Gasteiger partial charge on any atom is 0.159 e. The molecule has 0 fully saturated rings. The number of benzene rings is 2. The molecule has 4 aromatic rings. The minimum Gasteiger partial charge on any atom is -0.344 e. The van der Waals surface area contributed by atoms with Crippen LogP contribution in [0.25, 0.3) is 33.5 Å². The lowest BCUT2D eigenvalue weighted by Gasteiger charge is -2.07. The van der Waals surface area contributed by atoms with E-state index in [1.165, 1.54) is 12.4 Å². The van der Waals surface area contributed by atoms with Gasteiger partial charge in [-0.05, 0) is 44.2 Å². The van der Waals surface area contributed by atoms with Gasteiger partial charge in [0.1, 0.15) is 5.52 Å². The van der Waals surface area contributed by atoms with Gasteiger partial charge in [-0.15, -0.1) is 5.10 Å². The number of aromatic amines is 1. The number of nitrogens with one attached hydrogen (secondary N) is 1. The summed E-state index contributed by atoms with van der Waals surface area (Å²) in [6, 6.07) is 9.68. The number of imidazole rings is 1. The van der Waals surface area contributed by atoms with Crippen molar-refractivity contribution in [3.8, 4) is 22.5 Å². The van der Waals surface area contributed by atoms with Crippen LogP contribution in [0.3, 0.4) is 0 Å². The van der Waals surface area contributed by atoms with Crippen LogP contribution in [-0.4, -0.2) is 25.0 Å². The van der Waals surface area contributed by atoms with Crippen LogP contribution < -0.4 is 0 Å². The molecule has 2 aromatic carbocycles. The summed E-state index contributed by atoms with van der Waals surface area (Å²) in [6.07, 6.45) is 1.54. The molecule has 0 radical (unpaired) electrons. The first-order valence-electron chi connectivity index (χ1n) is 7.88. The Morgan fingerprint density at radius 1 is 1.00 bits per heavy atom. The number of hydrogen-bond acceptors (Lipinski definition) is 3. The first-order chi connectivity index (χ1) is 12.0. The largest absolute Gasteiger partial charge is 0.344 e. The molecular formula is C18H15F2N5. The van der Waals surface area contributed by atoms with Gasteiger partial charge in [0.15, 0.2) is 11.6 Å². The quantitative estimate of drug-likeness (QED) is 0.604. The molecule has 0 amide bonds. The average Bonchev–Trinajstić information content (AvgIpc) is 3.23. The molecule has 2 heterocycles. The van der Waals surface area contributed by atoms with Crippen LogP contribution in [0.5, 0.6) is 0 Å². The molecule has 126 valence electrons. The van der Waals surface area contributed by atoms with E-state index in [9.17, 15) is 8.78 Å². The smallest absolute Gasteiger partial charge is 0.159 e. The molecule has 0 unspecified atom stereocenters. The van der Waals surface area contributed by atoms with Crippen molar-refractivity contribution >= 4 is 11.0 Å². The Hall–Kier alpha value is -3.09. The van der Waals surface area contributed by atoms with Gasteiger partial charge in [0.25, 0.3) is 0 Å². The number of aromatic nitrogens is 5. The molecule has 0 aliphatic rings. The van der Waals surface area contributed by atoms with Crippen molar-refractivity contribution < 1.29 is 8.78 Å². The second kappa shape index (κ2) is 5.77. The minimum absolute atomic E-state index is 0.174. The lowest BCUT2D eigenvalue weighted by atomic mass is 10.0. The predicted octanol–water partition coefficient (Wildman–Crippen LogP) is 4.35. The third-order valence-electron chi connectivity index (χ3n) is 4.08. The number of hydrogen-bond donors (Lipinski definition) is 1. The monoisotopic (exact) mass is 339 g/mol. The van der Waals surface area contributed by atoms with Gasteiger partial charge in [0.2, 0.25) is 0 Å². The van der Waals surface area contributed by atoms with E-state index in [0.29, 0.717) is 11.3 Å². The van der Waals surface area contributed by atoms with Crippen molar-refractivity contribution in [2.24, 2.45) is 0 Å². The highest BCUT2D eigenvalue weighted by molar-refractivity contribution is 5.85. The van der Waals surface area contributed by atoms with E-state index in [4.69, 9.17) is 0 Å². The third kappa shape index (κ3) is 2.57. The molecule has 4 rings (SSSR count). The van der Waals surface area contributed by atoms with Gasteiger partial charge >= 0.3 is 0 Å².